The van der Waals surface area contributed by atoms with Crippen LogP contribution in [0.4, 0.5) is 0 Å². The van der Waals surface area contributed by atoms with Crippen LogP contribution in [0.3, 0.4) is 0 Å². The Morgan fingerprint density at radius 2 is 2.12 bits per heavy atom. The lowest BCUT2D eigenvalue weighted by molar-refractivity contribution is -0.136. The number of piperidine rings is 1. The minimum Gasteiger partial charge on any atom is -0.394 e. The molecule has 0 aliphatic carbocycles. The number of hydrogen-bond acceptors (Lipinski definition) is 4. The lowest BCUT2D eigenvalue weighted by Gasteiger charge is -2.20. The first-order chi connectivity index (χ1) is 7.63. The summed E-state index contributed by atoms with van der Waals surface area (Å²) in [4.78, 5) is 22.3. The molecule has 1 aliphatic heterocycles. The van der Waals surface area contributed by atoms with Crippen LogP contribution in [0.5, 0.6) is 0 Å². The second kappa shape index (κ2) is 6.60. The summed E-state index contributed by atoms with van der Waals surface area (Å²) < 4.78 is 0. The second-order valence-electron chi connectivity index (χ2n) is 4.27. The molecule has 0 aromatic heterocycles. The number of imide groups is 1. The summed E-state index contributed by atoms with van der Waals surface area (Å²) in [6.07, 6.45) is 3.34. The van der Waals surface area contributed by atoms with Crippen LogP contribution < -0.4 is 5.32 Å². The molecule has 2 unspecified atom stereocenters. The molecule has 0 spiro atoms. The largest absolute Gasteiger partial charge is 0.394 e. The Hall–Kier alpha value is -0.940. The summed E-state index contributed by atoms with van der Waals surface area (Å²) in [5.41, 5.74) is 0. The second-order valence-corrected chi connectivity index (χ2v) is 4.27. The van der Waals surface area contributed by atoms with Crippen LogP contribution in [-0.4, -0.2) is 34.7 Å². The molecule has 5 heteroatoms. The number of aliphatic hydroxyl groups is 2. The molecule has 92 valence electrons. The van der Waals surface area contributed by atoms with E-state index in [0.717, 1.165) is 19.3 Å². The van der Waals surface area contributed by atoms with Crippen molar-refractivity contribution in [2.45, 2.75) is 44.6 Å². The molecule has 1 rings (SSSR count). The molecule has 3 N–H and O–H groups in total. The molecule has 0 radical (unpaired) electrons. The number of amides is 2. The van der Waals surface area contributed by atoms with Crippen molar-refractivity contribution >= 4 is 11.8 Å². The normalized spacial score (nSPS) is 23.0. The van der Waals surface area contributed by atoms with Crippen LogP contribution >= 0.6 is 0 Å². The van der Waals surface area contributed by atoms with Gasteiger partial charge in [0.05, 0.1) is 12.7 Å². The van der Waals surface area contributed by atoms with E-state index in [0.29, 0.717) is 19.3 Å². The van der Waals surface area contributed by atoms with Crippen LogP contribution in [-0.2, 0) is 9.59 Å². The van der Waals surface area contributed by atoms with Crippen molar-refractivity contribution in [1.29, 1.82) is 0 Å². The Balaban J connectivity index is 2.13. The Morgan fingerprint density at radius 3 is 2.75 bits per heavy atom. The third kappa shape index (κ3) is 4.28. The summed E-state index contributed by atoms with van der Waals surface area (Å²) in [6.45, 7) is -0.210. The summed E-state index contributed by atoms with van der Waals surface area (Å²) in [7, 11) is 0. The molecular weight excluding hydrogens is 210 g/mol. The summed E-state index contributed by atoms with van der Waals surface area (Å²) >= 11 is 0. The standard InChI is InChI=1S/C11H19NO4/c13-7-9(14)4-2-1-3-8-5-6-10(15)12-11(8)16/h8-9,13-14H,1-7H2,(H,12,15,16). The van der Waals surface area contributed by atoms with Crippen molar-refractivity contribution in [2.24, 2.45) is 5.92 Å². The number of carbonyl (C=O) groups excluding carboxylic acids is 2. The first-order valence-corrected chi connectivity index (χ1v) is 5.76. The van der Waals surface area contributed by atoms with Gasteiger partial charge in [0.15, 0.2) is 0 Å². The van der Waals surface area contributed by atoms with E-state index in [1.807, 2.05) is 0 Å². The number of rotatable bonds is 6. The van der Waals surface area contributed by atoms with Crippen LogP contribution in [0, 0.1) is 5.92 Å². The average molecular weight is 229 g/mol. The van der Waals surface area contributed by atoms with Crippen LogP contribution in [0.1, 0.15) is 38.5 Å². The molecule has 5 nitrogen and oxygen atoms in total. The van der Waals surface area contributed by atoms with E-state index in [1.165, 1.54) is 0 Å². The van der Waals surface area contributed by atoms with E-state index < -0.39 is 6.10 Å². The highest BCUT2D eigenvalue weighted by atomic mass is 16.3. The number of carbonyl (C=O) groups is 2. The number of hydrogen-bond donors (Lipinski definition) is 3. The molecule has 1 fully saturated rings. The van der Waals surface area contributed by atoms with E-state index in [9.17, 15) is 9.59 Å². The summed E-state index contributed by atoms with van der Waals surface area (Å²) in [5, 5.41) is 20.0. The summed E-state index contributed by atoms with van der Waals surface area (Å²) in [5.74, 6) is -0.417. The summed E-state index contributed by atoms with van der Waals surface area (Å²) in [6, 6.07) is 0. The zero-order valence-electron chi connectivity index (χ0n) is 9.32. The van der Waals surface area contributed by atoms with Gasteiger partial charge in [0.25, 0.3) is 0 Å². The predicted octanol–water partition coefficient (Wildman–Crippen LogP) is -0.0472. The first-order valence-electron chi connectivity index (χ1n) is 5.76. The van der Waals surface area contributed by atoms with Gasteiger partial charge in [-0.15, -0.1) is 0 Å². The maximum atomic E-state index is 11.4. The Kier molecular flexibility index (Phi) is 5.42. The number of nitrogens with one attached hydrogen (secondary N) is 1. The van der Waals surface area contributed by atoms with E-state index in [1.54, 1.807) is 0 Å². The average Bonchev–Trinajstić information content (AvgIpc) is 2.26. The fraction of sp³-hybridized carbons (Fsp3) is 0.818. The van der Waals surface area contributed by atoms with Gasteiger partial charge in [-0.1, -0.05) is 12.8 Å². The predicted molar refractivity (Wildman–Crippen MR) is 57.4 cm³/mol. The van der Waals surface area contributed by atoms with Crippen LogP contribution in [0.15, 0.2) is 0 Å². The smallest absolute Gasteiger partial charge is 0.229 e. The molecule has 1 aliphatic rings. The molecule has 2 amide bonds. The van der Waals surface area contributed by atoms with E-state index in [-0.39, 0.29) is 24.3 Å². The first kappa shape index (κ1) is 13.1. The highest BCUT2D eigenvalue weighted by Crippen LogP contribution is 2.19. The Morgan fingerprint density at radius 1 is 1.38 bits per heavy atom. The zero-order valence-corrected chi connectivity index (χ0v) is 9.32. The van der Waals surface area contributed by atoms with Crippen molar-refractivity contribution in [3.8, 4) is 0 Å². The Bertz CT molecular complexity index is 254. The molecule has 0 saturated carbocycles. The van der Waals surface area contributed by atoms with Gasteiger partial charge in [-0.25, -0.2) is 0 Å². The quantitative estimate of drug-likeness (QED) is 0.440. The van der Waals surface area contributed by atoms with Crippen molar-refractivity contribution in [3.05, 3.63) is 0 Å². The van der Waals surface area contributed by atoms with Gasteiger partial charge in [0, 0.05) is 12.3 Å². The highest BCUT2D eigenvalue weighted by molar-refractivity contribution is 5.98. The fourth-order valence-electron chi connectivity index (χ4n) is 1.88. The maximum Gasteiger partial charge on any atom is 0.229 e. The van der Waals surface area contributed by atoms with Gasteiger partial charge in [-0.05, 0) is 19.3 Å². The molecule has 2 atom stereocenters. The lowest BCUT2D eigenvalue weighted by atomic mass is 9.92. The number of unbranched alkanes of at least 4 members (excludes halogenated alkanes) is 1. The molecule has 0 bridgehead atoms. The molecule has 0 aromatic carbocycles. The monoisotopic (exact) mass is 229 g/mol. The molecule has 1 saturated heterocycles. The van der Waals surface area contributed by atoms with E-state index >= 15 is 0 Å². The molecule has 1 heterocycles. The number of aliphatic hydroxyl groups excluding tert-OH is 2. The minimum atomic E-state index is -0.651. The topological polar surface area (TPSA) is 86.6 Å². The van der Waals surface area contributed by atoms with Gasteiger partial charge in [0.2, 0.25) is 11.8 Å². The SMILES string of the molecule is O=C1CCC(CCCCC(O)CO)C(=O)N1. The third-order valence-electron chi connectivity index (χ3n) is 2.90. The van der Waals surface area contributed by atoms with Gasteiger partial charge < -0.3 is 10.2 Å². The lowest BCUT2D eigenvalue weighted by Crippen LogP contribution is -2.40. The van der Waals surface area contributed by atoms with Crippen LogP contribution in [0.25, 0.3) is 0 Å². The van der Waals surface area contributed by atoms with Crippen molar-refractivity contribution in [1.82, 2.24) is 5.32 Å². The fourth-order valence-corrected chi connectivity index (χ4v) is 1.88. The van der Waals surface area contributed by atoms with Gasteiger partial charge >= 0.3 is 0 Å². The van der Waals surface area contributed by atoms with Crippen molar-refractivity contribution in [3.63, 3.8) is 0 Å². The van der Waals surface area contributed by atoms with E-state index in [4.69, 9.17) is 10.2 Å². The van der Waals surface area contributed by atoms with Crippen LogP contribution in [0.2, 0.25) is 0 Å². The minimum absolute atomic E-state index is 0.0658. The van der Waals surface area contributed by atoms with Gasteiger partial charge in [0.1, 0.15) is 0 Å². The highest BCUT2D eigenvalue weighted by Gasteiger charge is 2.25. The van der Waals surface area contributed by atoms with E-state index in [2.05, 4.69) is 5.32 Å². The maximum absolute atomic E-state index is 11.4. The third-order valence-corrected chi connectivity index (χ3v) is 2.90. The Labute approximate surface area is 94.8 Å². The van der Waals surface area contributed by atoms with Gasteiger partial charge in [-0.3, -0.25) is 14.9 Å². The molecular formula is C11H19NO4. The van der Waals surface area contributed by atoms with Gasteiger partial charge in [-0.2, -0.15) is 0 Å². The zero-order chi connectivity index (χ0) is 12.0. The van der Waals surface area contributed by atoms with Crippen molar-refractivity contribution < 1.29 is 19.8 Å². The molecule has 16 heavy (non-hydrogen) atoms. The molecule has 0 aromatic rings. The van der Waals surface area contributed by atoms with Crippen molar-refractivity contribution in [2.75, 3.05) is 6.61 Å².